The minimum absolute atomic E-state index is 0.0904. The minimum Gasteiger partial charge on any atom is -0.334 e. The molecule has 0 bridgehead atoms. The molecule has 0 unspecified atom stereocenters. The van der Waals surface area contributed by atoms with Gasteiger partial charge >= 0.3 is 6.03 Å². The molecule has 7 heteroatoms. The van der Waals surface area contributed by atoms with Crippen LogP contribution in [0.25, 0.3) is 0 Å². The first-order valence-electron chi connectivity index (χ1n) is 8.96. The van der Waals surface area contributed by atoms with Crippen LogP contribution in [0.2, 0.25) is 10.0 Å². The van der Waals surface area contributed by atoms with Gasteiger partial charge in [-0.1, -0.05) is 37.0 Å². The number of aromatic nitrogens is 2. The average Bonchev–Trinajstić information content (AvgIpc) is 3.07. The van der Waals surface area contributed by atoms with Gasteiger partial charge in [0.2, 0.25) is 0 Å². The maximum atomic E-state index is 12.5. The quantitative estimate of drug-likeness (QED) is 0.768. The molecule has 0 saturated carbocycles. The molecular weight excluding hydrogens is 371 g/mol. The normalized spacial score (nSPS) is 15.5. The lowest BCUT2D eigenvalue weighted by atomic mass is 9.96. The average molecular weight is 395 g/mol. The van der Waals surface area contributed by atoms with Crippen LogP contribution in [0, 0.1) is 5.92 Å². The highest BCUT2D eigenvalue weighted by atomic mass is 35.5. The maximum Gasteiger partial charge on any atom is 0.321 e. The van der Waals surface area contributed by atoms with Crippen molar-refractivity contribution in [3.05, 3.63) is 46.5 Å². The zero-order valence-electron chi connectivity index (χ0n) is 15.1. The summed E-state index contributed by atoms with van der Waals surface area (Å²) in [5, 5.41) is 3.81. The molecule has 1 saturated heterocycles. The first kappa shape index (κ1) is 19.1. The molecule has 1 aliphatic rings. The fraction of sp³-hybridized carbons (Fsp3) is 0.474. The predicted octanol–water partition coefficient (Wildman–Crippen LogP) is 5.26. The van der Waals surface area contributed by atoms with E-state index in [9.17, 15) is 4.79 Å². The SMILES string of the molecule is CC(C)c1nccn1CC1CCN(C(=O)Nc2ccc(Cl)c(Cl)c2)CC1. The van der Waals surface area contributed by atoms with Gasteiger partial charge in [0, 0.05) is 43.6 Å². The van der Waals surface area contributed by atoms with Gasteiger partial charge in [-0.15, -0.1) is 0 Å². The number of urea groups is 1. The molecule has 140 valence electrons. The van der Waals surface area contributed by atoms with Gasteiger partial charge in [0.25, 0.3) is 0 Å². The molecule has 3 rings (SSSR count). The van der Waals surface area contributed by atoms with Crippen molar-refractivity contribution in [3.63, 3.8) is 0 Å². The number of halogens is 2. The van der Waals surface area contributed by atoms with E-state index in [1.54, 1.807) is 18.2 Å². The summed E-state index contributed by atoms with van der Waals surface area (Å²) >= 11 is 11.9. The topological polar surface area (TPSA) is 50.2 Å². The first-order chi connectivity index (χ1) is 12.4. The molecule has 1 fully saturated rings. The molecule has 2 heterocycles. The summed E-state index contributed by atoms with van der Waals surface area (Å²) in [6, 6.07) is 5.02. The maximum absolute atomic E-state index is 12.5. The van der Waals surface area contributed by atoms with E-state index >= 15 is 0 Å². The summed E-state index contributed by atoms with van der Waals surface area (Å²) in [6.07, 6.45) is 5.91. The number of hydrogen-bond donors (Lipinski definition) is 1. The molecule has 1 N–H and O–H groups in total. The number of nitrogens with one attached hydrogen (secondary N) is 1. The number of carbonyl (C=O) groups excluding carboxylic acids is 1. The Balaban J connectivity index is 1.52. The smallest absolute Gasteiger partial charge is 0.321 e. The standard InChI is InChI=1S/C19H24Cl2N4O/c1-13(2)18-22-7-10-25(18)12-14-5-8-24(9-6-14)19(26)23-15-3-4-16(20)17(21)11-15/h3-4,7,10-11,13-14H,5-6,8-9,12H2,1-2H3,(H,23,26). The Labute approximate surface area is 164 Å². The Bertz CT molecular complexity index is 767. The third-order valence-corrected chi connectivity index (χ3v) is 5.53. The first-order valence-corrected chi connectivity index (χ1v) is 9.71. The number of rotatable bonds is 4. The molecule has 1 aromatic carbocycles. The molecule has 2 amide bonds. The molecule has 5 nitrogen and oxygen atoms in total. The van der Waals surface area contributed by atoms with Crippen molar-refractivity contribution >= 4 is 34.9 Å². The highest BCUT2D eigenvalue weighted by Gasteiger charge is 2.24. The second-order valence-electron chi connectivity index (χ2n) is 7.08. The molecule has 1 aliphatic heterocycles. The van der Waals surface area contributed by atoms with Crippen LogP contribution in [0.5, 0.6) is 0 Å². The van der Waals surface area contributed by atoms with E-state index in [0.29, 0.717) is 27.6 Å². The van der Waals surface area contributed by atoms with Gasteiger partial charge in [-0.05, 0) is 37.0 Å². The number of carbonyl (C=O) groups is 1. The van der Waals surface area contributed by atoms with E-state index in [1.807, 2.05) is 11.1 Å². The Morgan fingerprint density at radius 3 is 2.65 bits per heavy atom. The summed E-state index contributed by atoms with van der Waals surface area (Å²) in [5.74, 6) is 2.11. The minimum atomic E-state index is -0.0904. The largest absolute Gasteiger partial charge is 0.334 e. The van der Waals surface area contributed by atoms with E-state index in [2.05, 4.69) is 34.9 Å². The number of benzene rings is 1. The lowest BCUT2D eigenvalue weighted by Gasteiger charge is -2.32. The second-order valence-corrected chi connectivity index (χ2v) is 7.90. The lowest BCUT2D eigenvalue weighted by Crippen LogP contribution is -2.41. The Hall–Kier alpha value is -1.72. The Morgan fingerprint density at radius 2 is 2.00 bits per heavy atom. The van der Waals surface area contributed by atoms with Gasteiger partial charge in [-0.25, -0.2) is 9.78 Å². The lowest BCUT2D eigenvalue weighted by molar-refractivity contribution is 0.176. The fourth-order valence-electron chi connectivity index (χ4n) is 3.35. The highest BCUT2D eigenvalue weighted by Crippen LogP contribution is 2.26. The van der Waals surface area contributed by atoms with Gasteiger partial charge in [0.1, 0.15) is 5.82 Å². The number of amides is 2. The van der Waals surface area contributed by atoms with Crippen molar-refractivity contribution in [1.82, 2.24) is 14.5 Å². The molecule has 26 heavy (non-hydrogen) atoms. The summed E-state index contributed by atoms with van der Waals surface area (Å²) in [4.78, 5) is 18.8. The predicted molar refractivity (Wildman–Crippen MR) is 106 cm³/mol. The number of likely N-dealkylation sites (tertiary alicyclic amines) is 1. The van der Waals surface area contributed by atoms with Gasteiger partial charge in [0.05, 0.1) is 10.0 Å². The van der Waals surface area contributed by atoms with Crippen LogP contribution in [0.1, 0.15) is 38.4 Å². The van der Waals surface area contributed by atoms with Crippen molar-refractivity contribution in [2.24, 2.45) is 5.92 Å². The summed E-state index contributed by atoms with van der Waals surface area (Å²) in [7, 11) is 0. The Kier molecular flexibility index (Phi) is 6.09. The van der Waals surface area contributed by atoms with Crippen LogP contribution < -0.4 is 5.32 Å². The molecule has 0 aliphatic carbocycles. The van der Waals surface area contributed by atoms with Crippen molar-refractivity contribution in [1.29, 1.82) is 0 Å². The van der Waals surface area contributed by atoms with E-state index in [0.717, 1.165) is 38.3 Å². The fourth-order valence-corrected chi connectivity index (χ4v) is 3.65. The molecule has 0 radical (unpaired) electrons. The summed E-state index contributed by atoms with van der Waals surface area (Å²) in [6.45, 7) is 6.80. The van der Waals surface area contributed by atoms with Crippen LogP contribution in [-0.2, 0) is 6.54 Å². The van der Waals surface area contributed by atoms with Crippen molar-refractivity contribution < 1.29 is 4.79 Å². The van der Waals surface area contributed by atoms with Gasteiger partial charge in [0.15, 0.2) is 0 Å². The van der Waals surface area contributed by atoms with Crippen molar-refractivity contribution in [2.75, 3.05) is 18.4 Å². The third kappa shape index (κ3) is 4.51. The van der Waals surface area contributed by atoms with E-state index < -0.39 is 0 Å². The number of anilines is 1. The van der Waals surface area contributed by atoms with Crippen molar-refractivity contribution in [2.45, 2.75) is 39.2 Å². The van der Waals surface area contributed by atoms with Gasteiger partial charge in [-0.3, -0.25) is 0 Å². The van der Waals surface area contributed by atoms with Crippen LogP contribution in [0.4, 0.5) is 10.5 Å². The summed E-state index contributed by atoms with van der Waals surface area (Å²) in [5.41, 5.74) is 0.659. The molecule has 2 aromatic rings. The van der Waals surface area contributed by atoms with Crippen molar-refractivity contribution in [3.8, 4) is 0 Å². The second kappa shape index (κ2) is 8.31. The van der Waals surface area contributed by atoms with E-state index in [4.69, 9.17) is 23.2 Å². The van der Waals surface area contributed by atoms with Crippen LogP contribution in [-0.4, -0.2) is 33.6 Å². The number of imidazole rings is 1. The van der Waals surface area contributed by atoms with Gasteiger partial charge in [-0.2, -0.15) is 0 Å². The van der Waals surface area contributed by atoms with Crippen LogP contribution >= 0.6 is 23.2 Å². The monoisotopic (exact) mass is 394 g/mol. The Morgan fingerprint density at radius 1 is 1.27 bits per heavy atom. The molecule has 0 spiro atoms. The highest BCUT2D eigenvalue weighted by molar-refractivity contribution is 6.42. The molecular formula is C19H24Cl2N4O. The zero-order chi connectivity index (χ0) is 18.7. The van der Waals surface area contributed by atoms with Crippen LogP contribution in [0.3, 0.4) is 0 Å². The number of hydrogen-bond acceptors (Lipinski definition) is 2. The van der Waals surface area contributed by atoms with Crippen LogP contribution in [0.15, 0.2) is 30.6 Å². The zero-order valence-corrected chi connectivity index (χ0v) is 16.6. The van der Waals surface area contributed by atoms with Gasteiger partial charge < -0.3 is 14.8 Å². The number of nitrogens with zero attached hydrogens (tertiary/aromatic N) is 3. The third-order valence-electron chi connectivity index (χ3n) is 4.79. The molecule has 0 atom stereocenters. The molecule has 1 aromatic heterocycles. The summed E-state index contributed by atoms with van der Waals surface area (Å²) < 4.78 is 2.25. The van der Waals surface area contributed by atoms with E-state index in [1.165, 1.54) is 0 Å². The number of piperidine rings is 1. The van der Waals surface area contributed by atoms with E-state index in [-0.39, 0.29) is 6.03 Å².